The van der Waals surface area contributed by atoms with E-state index in [2.05, 4.69) is 15.0 Å². The Labute approximate surface area is 149 Å². The minimum atomic E-state index is -0.712. The first kappa shape index (κ1) is 16.5. The molecule has 3 heterocycles. The fraction of sp³-hybridized carbons (Fsp3) is 0.333. The fourth-order valence-corrected chi connectivity index (χ4v) is 3.20. The Balaban J connectivity index is 1.90. The number of H-pyrrole nitrogens is 1. The van der Waals surface area contributed by atoms with E-state index < -0.39 is 5.91 Å². The zero-order valence-electron chi connectivity index (χ0n) is 14.4. The second kappa shape index (κ2) is 6.38. The molecule has 1 aliphatic rings. The quantitative estimate of drug-likeness (QED) is 0.735. The number of imidazole rings is 1. The number of rotatable bonds is 4. The van der Waals surface area contributed by atoms with Gasteiger partial charge in [0.05, 0.1) is 12.6 Å². The number of nitrogens with zero attached hydrogens (tertiary/aromatic N) is 3. The maximum Gasteiger partial charge on any atom is 0.327 e. The van der Waals surface area contributed by atoms with E-state index in [9.17, 15) is 9.59 Å². The zero-order valence-corrected chi connectivity index (χ0v) is 14.4. The predicted octanol–water partition coefficient (Wildman–Crippen LogP) is 1.37. The maximum absolute atomic E-state index is 12.4. The van der Waals surface area contributed by atoms with Crippen molar-refractivity contribution in [2.45, 2.75) is 32.4 Å². The number of nitrogens with one attached hydrogen (secondary N) is 1. The molecule has 2 aromatic heterocycles. The van der Waals surface area contributed by atoms with Gasteiger partial charge < -0.3 is 15.5 Å². The van der Waals surface area contributed by atoms with Crippen molar-refractivity contribution in [1.29, 1.82) is 0 Å². The van der Waals surface area contributed by atoms with Crippen LogP contribution < -0.4 is 11.4 Å². The van der Waals surface area contributed by atoms with Gasteiger partial charge in [-0.15, -0.1) is 0 Å². The smallest absolute Gasteiger partial charge is 0.327 e. The van der Waals surface area contributed by atoms with Crippen molar-refractivity contribution >= 4 is 17.1 Å². The molecule has 1 amide bonds. The normalized spacial score (nSPS) is 17.0. The van der Waals surface area contributed by atoms with Crippen LogP contribution in [0.15, 0.2) is 29.1 Å². The molecular formula is C18H19N5O3. The van der Waals surface area contributed by atoms with Crippen LogP contribution in [0, 0.1) is 6.92 Å². The third kappa shape index (κ3) is 2.88. The molecule has 3 aromatic rings. The lowest BCUT2D eigenvalue weighted by atomic mass is 10.1. The minimum absolute atomic E-state index is 0.00812. The van der Waals surface area contributed by atoms with E-state index in [0.717, 1.165) is 24.0 Å². The second-order valence-electron chi connectivity index (χ2n) is 6.50. The molecule has 26 heavy (non-hydrogen) atoms. The molecule has 4 rings (SSSR count). The average Bonchev–Trinajstić information content (AvgIpc) is 3.23. The number of carbonyl (C=O) groups excluding carboxylic acids is 1. The highest BCUT2D eigenvalue weighted by atomic mass is 16.5. The summed E-state index contributed by atoms with van der Waals surface area (Å²) >= 11 is 0. The van der Waals surface area contributed by atoms with Crippen LogP contribution in [0.3, 0.4) is 0 Å². The van der Waals surface area contributed by atoms with Crippen LogP contribution in [0.5, 0.6) is 0 Å². The van der Waals surface area contributed by atoms with Crippen LogP contribution in [0.2, 0.25) is 0 Å². The Morgan fingerprint density at radius 3 is 2.77 bits per heavy atom. The van der Waals surface area contributed by atoms with Gasteiger partial charge in [-0.2, -0.15) is 0 Å². The van der Waals surface area contributed by atoms with Gasteiger partial charge >= 0.3 is 5.69 Å². The number of amides is 1. The van der Waals surface area contributed by atoms with Crippen molar-refractivity contribution < 1.29 is 9.53 Å². The van der Waals surface area contributed by atoms with Crippen LogP contribution in [0.4, 0.5) is 0 Å². The van der Waals surface area contributed by atoms with Gasteiger partial charge in [-0.3, -0.25) is 9.36 Å². The molecule has 0 bridgehead atoms. The van der Waals surface area contributed by atoms with Crippen LogP contribution in [0.25, 0.3) is 22.6 Å². The Hall–Kier alpha value is -3.00. The number of nitrogens with two attached hydrogens (primary N) is 1. The minimum Gasteiger partial charge on any atom is -0.376 e. The first-order chi connectivity index (χ1) is 12.5. The van der Waals surface area contributed by atoms with Gasteiger partial charge in [-0.05, 0) is 19.8 Å². The van der Waals surface area contributed by atoms with E-state index in [4.69, 9.17) is 10.5 Å². The van der Waals surface area contributed by atoms with Gasteiger partial charge in [0.15, 0.2) is 17.2 Å². The molecule has 3 N–H and O–H groups in total. The van der Waals surface area contributed by atoms with E-state index in [1.165, 1.54) is 4.57 Å². The summed E-state index contributed by atoms with van der Waals surface area (Å²) in [4.78, 5) is 35.8. The molecule has 0 aliphatic carbocycles. The van der Waals surface area contributed by atoms with Crippen molar-refractivity contribution in [3.8, 4) is 11.4 Å². The van der Waals surface area contributed by atoms with Gasteiger partial charge in [-0.1, -0.05) is 29.8 Å². The molecule has 1 saturated heterocycles. The molecule has 8 heteroatoms. The number of primary amides is 1. The Morgan fingerprint density at radius 2 is 2.12 bits per heavy atom. The first-order valence-electron chi connectivity index (χ1n) is 8.52. The molecule has 1 aliphatic heterocycles. The summed E-state index contributed by atoms with van der Waals surface area (Å²) in [6.45, 7) is 3.05. The number of ether oxygens (including phenoxy) is 1. The van der Waals surface area contributed by atoms with Crippen LogP contribution in [-0.2, 0) is 11.3 Å². The summed E-state index contributed by atoms with van der Waals surface area (Å²) in [5, 5.41) is 0. The number of fused-ring (bicyclic) bond motifs is 1. The highest BCUT2D eigenvalue weighted by molar-refractivity contribution is 6.01. The zero-order chi connectivity index (χ0) is 18.3. The SMILES string of the molecule is Cc1ccc(-c2nc(C(N)=O)c3[nH]c(=O)n(C[C@H]4CCCO4)c3n2)cc1. The third-order valence-corrected chi connectivity index (χ3v) is 4.58. The molecule has 0 unspecified atom stereocenters. The van der Waals surface area contributed by atoms with E-state index in [1.807, 2.05) is 31.2 Å². The topological polar surface area (TPSA) is 116 Å². The number of aromatic nitrogens is 4. The predicted molar refractivity (Wildman–Crippen MR) is 95.8 cm³/mol. The largest absolute Gasteiger partial charge is 0.376 e. The number of carbonyl (C=O) groups is 1. The molecule has 1 aromatic carbocycles. The maximum atomic E-state index is 12.4. The highest BCUT2D eigenvalue weighted by Gasteiger charge is 2.23. The number of hydrogen-bond donors (Lipinski definition) is 2. The van der Waals surface area contributed by atoms with Gasteiger partial charge in [0, 0.05) is 12.2 Å². The average molecular weight is 353 g/mol. The molecule has 1 atom stereocenters. The van der Waals surface area contributed by atoms with E-state index >= 15 is 0 Å². The summed E-state index contributed by atoms with van der Waals surface area (Å²) in [6.07, 6.45) is 1.82. The molecule has 134 valence electrons. The van der Waals surface area contributed by atoms with Gasteiger partial charge in [0.2, 0.25) is 0 Å². The molecule has 1 fully saturated rings. The summed E-state index contributed by atoms with van der Waals surface area (Å²) in [6, 6.07) is 7.61. The van der Waals surface area contributed by atoms with Crippen LogP contribution >= 0.6 is 0 Å². The van der Waals surface area contributed by atoms with Gasteiger partial charge in [0.25, 0.3) is 5.91 Å². The van der Waals surface area contributed by atoms with Crippen molar-refractivity contribution in [3.63, 3.8) is 0 Å². The van der Waals surface area contributed by atoms with Crippen molar-refractivity contribution in [2.75, 3.05) is 6.61 Å². The molecule has 0 spiro atoms. The number of benzene rings is 1. The lowest BCUT2D eigenvalue weighted by molar-refractivity contribution is 0.0970. The summed E-state index contributed by atoms with van der Waals surface area (Å²) in [5.74, 6) is -0.359. The third-order valence-electron chi connectivity index (χ3n) is 4.58. The first-order valence-corrected chi connectivity index (χ1v) is 8.52. The number of aryl methyl sites for hydroxylation is 1. The fourth-order valence-electron chi connectivity index (χ4n) is 3.20. The summed E-state index contributed by atoms with van der Waals surface area (Å²) in [7, 11) is 0. The van der Waals surface area contributed by atoms with Gasteiger partial charge in [0.1, 0.15) is 5.52 Å². The van der Waals surface area contributed by atoms with Gasteiger partial charge in [-0.25, -0.2) is 14.8 Å². The van der Waals surface area contributed by atoms with Crippen LogP contribution in [0.1, 0.15) is 28.9 Å². The van der Waals surface area contributed by atoms with Crippen molar-refractivity contribution in [1.82, 2.24) is 19.5 Å². The van der Waals surface area contributed by atoms with E-state index in [0.29, 0.717) is 24.6 Å². The Kier molecular flexibility index (Phi) is 4.04. The Morgan fingerprint density at radius 1 is 1.35 bits per heavy atom. The number of hydrogen-bond acceptors (Lipinski definition) is 5. The summed E-state index contributed by atoms with van der Waals surface area (Å²) < 4.78 is 7.12. The lowest BCUT2D eigenvalue weighted by Gasteiger charge is -2.10. The van der Waals surface area contributed by atoms with Crippen LogP contribution in [-0.4, -0.2) is 38.1 Å². The monoisotopic (exact) mass is 353 g/mol. The van der Waals surface area contributed by atoms with Crippen molar-refractivity contribution in [3.05, 3.63) is 46.0 Å². The van der Waals surface area contributed by atoms with E-state index in [-0.39, 0.29) is 23.0 Å². The van der Waals surface area contributed by atoms with E-state index in [1.54, 1.807) is 0 Å². The molecule has 8 nitrogen and oxygen atoms in total. The molecule has 0 saturated carbocycles. The van der Waals surface area contributed by atoms with Crippen molar-refractivity contribution in [2.24, 2.45) is 5.73 Å². The molecular weight excluding hydrogens is 334 g/mol. The standard InChI is InChI=1S/C18H19N5O3/c1-10-4-6-11(7-5-10)16-20-13(15(19)24)14-17(22-16)23(18(25)21-14)9-12-3-2-8-26-12/h4-7,12H,2-3,8-9H2,1H3,(H2,19,24)(H,21,25)/t12-/m1/s1. The molecule has 0 radical (unpaired) electrons. The Bertz CT molecular complexity index is 1030. The second-order valence-corrected chi connectivity index (χ2v) is 6.50. The lowest BCUT2D eigenvalue weighted by Crippen LogP contribution is -2.24. The summed E-state index contributed by atoms with van der Waals surface area (Å²) in [5.41, 5.74) is 7.62. The highest BCUT2D eigenvalue weighted by Crippen LogP contribution is 2.22. The number of aromatic amines is 1.